The molecule has 1 fully saturated rings. The largest absolute Gasteiger partial charge is 0.486 e. The molecular weight excluding hydrogens is 372 g/mol. The van der Waals surface area contributed by atoms with Crippen molar-refractivity contribution in [3.05, 3.63) is 36.0 Å². The van der Waals surface area contributed by atoms with Gasteiger partial charge in [-0.25, -0.2) is 0 Å². The summed E-state index contributed by atoms with van der Waals surface area (Å²) in [6, 6.07) is 6.63. The van der Waals surface area contributed by atoms with Crippen molar-refractivity contribution in [1.82, 2.24) is 20.0 Å². The van der Waals surface area contributed by atoms with Gasteiger partial charge in [0.25, 0.3) is 0 Å². The quantitative estimate of drug-likeness (QED) is 0.731. The second-order valence-electron chi connectivity index (χ2n) is 7.55. The van der Waals surface area contributed by atoms with E-state index in [-0.39, 0.29) is 0 Å². The van der Waals surface area contributed by atoms with Crippen LogP contribution in [0.5, 0.6) is 11.5 Å². The lowest BCUT2D eigenvalue weighted by molar-refractivity contribution is 0.139. The first-order valence-electron chi connectivity index (χ1n) is 10.0. The van der Waals surface area contributed by atoms with Gasteiger partial charge in [-0.3, -0.25) is 4.90 Å². The Hall–Kier alpha value is -1.83. The summed E-state index contributed by atoms with van der Waals surface area (Å²) in [5.74, 6) is 1.71. The summed E-state index contributed by atoms with van der Waals surface area (Å²) >= 11 is 5.54. The summed E-state index contributed by atoms with van der Waals surface area (Å²) in [6.07, 6.45) is 5.12. The Morgan fingerprint density at radius 3 is 2.61 bits per heavy atom. The molecule has 1 N–H and O–H groups in total. The molecule has 0 amide bonds. The molecule has 154 valence electrons. The van der Waals surface area contributed by atoms with Crippen molar-refractivity contribution in [1.29, 1.82) is 0 Å². The molecule has 1 unspecified atom stereocenters. The average Bonchev–Trinajstić information content (AvgIpc) is 2.72. The monoisotopic (exact) mass is 404 g/mol. The first kappa shape index (κ1) is 20.9. The summed E-state index contributed by atoms with van der Waals surface area (Å²) in [5, 5.41) is 4.06. The predicted octanol–water partition coefficient (Wildman–Crippen LogP) is 2.48. The molecule has 1 aromatic carbocycles. The van der Waals surface area contributed by atoms with Gasteiger partial charge in [0.1, 0.15) is 13.2 Å². The van der Waals surface area contributed by atoms with E-state index in [1.165, 1.54) is 5.56 Å². The fourth-order valence-electron chi connectivity index (χ4n) is 3.48. The van der Waals surface area contributed by atoms with Crippen molar-refractivity contribution in [3.63, 3.8) is 0 Å². The van der Waals surface area contributed by atoms with Crippen LogP contribution in [0.15, 0.2) is 30.5 Å². The molecule has 1 aromatic rings. The minimum absolute atomic E-state index is 0.338. The van der Waals surface area contributed by atoms with Crippen LogP contribution in [0.1, 0.15) is 24.9 Å². The molecule has 0 radical (unpaired) electrons. The highest BCUT2D eigenvalue weighted by Gasteiger charge is 2.24. The molecule has 1 atom stereocenters. The van der Waals surface area contributed by atoms with E-state index < -0.39 is 0 Å². The van der Waals surface area contributed by atoms with E-state index in [9.17, 15) is 0 Å². The SMILES string of the molecule is CC(c1ccc2c(c1)OCCO2)N1CCN(C(=S)N/C=C/CCN(C)C)CC1. The number of nitrogens with one attached hydrogen (secondary N) is 1. The van der Waals surface area contributed by atoms with Crippen LogP contribution in [0.3, 0.4) is 0 Å². The van der Waals surface area contributed by atoms with Crippen molar-refractivity contribution in [2.75, 3.05) is 60.0 Å². The minimum Gasteiger partial charge on any atom is -0.486 e. The molecule has 2 heterocycles. The molecule has 2 aliphatic heterocycles. The van der Waals surface area contributed by atoms with Gasteiger partial charge in [0, 0.05) is 38.8 Å². The Morgan fingerprint density at radius 1 is 1.18 bits per heavy atom. The average molecular weight is 405 g/mol. The summed E-state index contributed by atoms with van der Waals surface area (Å²) in [4.78, 5) is 6.92. The number of hydrogen-bond acceptors (Lipinski definition) is 5. The number of nitrogens with zero attached hydrogens (tertiary/aromatic N) is 3. The lowest BCUT2D eigenvalue weighted by Crippen LogP contribution is -2.51. The zero-order chi connectivity index (χ0) is 19.9. The molecular formula is C21H32N4O2S. The minimum atomic E-state index is 0.338. The molecule has 0 spiro atoms. The maximum atomic E-state index is 5.73. The highest BCUT2D eigenvalue weighted by Crippen LogP contribution is 2.34. The summed E-state index contributed by atoms with van der Waals surface area (Å²) in [5.41, 5.74) is 1.27. The van der Waals surface area contributed by atoms with E-state index in [1.54, 1.807) is 0 Å². The van der Waals surface area contributed by atoms with Gasteiger partial charge < -0.3 is 24.6 Å². The van der Waals surface area contributed by atoms with Gasteiger partial charge in [0.15, 0.2) is 16.6 Å². The standard InChI is InChI=1S/C21H32N4O2S/c1-17(18-6-7-19-20(16-18)27-15-14-26-19)24-10-12-25(13-11-24)21(28)22-8-4-5-9-23(2)3/h4,6-8,16-17H,5,9-15H2,1-3H3,(H,22,28)/b8-4+. The van der Waals surface area contributed by atoms with Crippen molar-refractivity contribution in [3.8, 4) is 11.5 Å². The summed E-state index contributed by atoms with van der Waals surface area (Å²) in [6.45, 7) is 8.40. The van der Waals surface area contributed by atoms with Gasteiger partial charge in [0.05, 0.1) is 0 Å². The van der Waals surface area contributed by atoms with Crippen LogP contribution in [0.25, 0.3) is 0 Å². The van der Waals surface area contributed by atoms with Crippen molar-refractivity contribution in [2.45, 2.75) is 19.4 Å². The zero-order valence-corrected chi connectivity index (χ0v) is 18.0. The lowest BCUT2D eigenvalue weighted by atomic mass is 10.1. The molecule has 2 aliphatic rings. The van der Waals surface area contributed by atoms with Crippen molar-refractivity contribution < 1.29 is 9.47 Å². The molecule has 6 nitrogen and oxygen atoms in total. The van der Waals surface area contributed by atoms with Gasteiger partial charge in [-0.15, -0.1) is 0 Å². The third-order valence-electron chi connectivity index (χ3n) is 5.27. The van der Waals surface area contributed by atoms with Gasteiger partial charge in [0.2, 0.25) is 0 Å². The topological polar surface area (TPSA) is 40.2 Å². The maximum absolute atomic E-state index is 5.73. The fourth-order valence-corrected chi connectivity index (χ4v) is 3.73. The van der Waals surface area contributed by atoms with Crippen molar-refractivity contribution >= 4 is 17.3 Å². The molecule has 0 aromatic heterocycles. The molecule has 7 heteroatoms. The molecule has 3 rings (SSSR count). The molecule has 28 heavy (non-hydrogen) atoms. The van der Waals surface area contributed by atoms with Crippen LogP contribution in [-0.4, -0.2) is 79.8 Å². The van der Waals surface area contributed by atoms with Crippen LogP contribution in [-0.2, 0) is 0 Å². The Labute approximate surface area is 174 Å². The third-order valence-corrected chi connectivity index (χ3v) is 5.64. The first-order chi connectivity index (χ1) is 13.5. The normalized spacial score (nSPS) is 18.5. The molecule has 0 saturated carbocycles. The molecule has 1 saturated heterocycles. The third kappa shape index (κ3) is 5.59. The Balaban J connectivity index is 1.46. The van der Waals surface area contributed by atoms with Crippen LogP contribution < -0.4 is 14.8 Å². The number of hydrogen-bond donors (Lipinski definition) is 1. The second-order valence-corrected chi connectivity index (χ2v) is 7.93. The number of ether oxygens (including phenoxy) is 2. The lowest BCUT2D eigenvalue weighted by Gasteiger charge is -2.39. The second kappa shape index (κ2) is 10.1. The van der Waals surface area contributed by atoms with Crippen LogP contribution in [0, 0.1) is 0 Å². The summed E-state index contributed by atoms with van der Waals surface area (Å²) < 4.78 is 11.4. The van der Waals surface area contributed by atoms with E-state index in [0.29, 0.717) is 19.3 Å². The Bertz CT molecular complexity index is 687. The summed E-state index contributed by atoms with van der Waals surface area (Å²) in [7, 11) is 4.16. The highest BCUT2D eigenvalue weighted by molar-refractivity contribution is 7.80. The van der Waals surface area contributed by atoms with Crippen LogP contribution in [0.4, 0.5) is 0 Å². The Kier molecular flexibility index (Phi) is 7.53. The first-order valence-corrected chi connectivity index (χ1v) is 10.4. The zero-order valence-electron chi connectivity index (χ0n) is 17.2. The van der Waals surface area contributed by atoms with Gasteiger partial charge in [-0.1, -0.05) is 12.1 Å². The van der Waals surface area contributed by atoms with E-state index in [0.717, 1.165) is 55.8 Å². The predicted molar refractivity (Wildman–Crippen MR) is 117 cm³/mol. The number of rotatable bonds is 6. The van der Waals surface area contributed by atoms with E-state index >= 15 is 0 Å². The number of benzene rings is 1. The number of fused-ring (bicyclic) bond motifs is 1. The van der Waals surface area contributed by atoms with Gasteiger partial charge in [-0.2, -0.15) is 0 Å². The van der Waals surface area contributed by atoms with Crippen LogP contribution >= 0.6 is 12.2 Å². The van der Waals surface area contributed by atoms with Gasteiger partial charge in [-0.05, 0) is 63.6 Å². The van der Waals surface area contributed by atoms with Gasteiger partial charge >= 0.3 is 0 Å². The van der Waals surface area contributed by atoms with Crippen molar-refractivity contribution in [2.24, 2.45) is 0 Å². The number of piperazine rings is 1. The molecule has 0 bridgehead atoms. The van der Waals surface area contributed by atoms with Crippen LogP contribution in [0.2, 0.25) is 0 Å². The molecule has 0 aliphatic carbocycles. The van der Waals surface area contributed by atoms with E-state index in [2.05, 4.69) is 59.2 Å². The smallest absolute Gasteiger partial charge is 0.173 e. The van der Waals surface area contributed by atoms with E-state index in [4.69, 9.17) is 21.7 Å². The fraction of sp³-hybridized carbons (Fsp3) is 0.571. The van der Waals surface area contributed by atoms with E-state index in [1.807, 2.05) is 12.3 Å². The number of thiocarbonyl (C=S) groups is 1. The maximum Gasteiger partial charge on any atom is 0.173 e. The highest BCUT2D eigenvalue weighted by atomic mass is 32.1. The Morgan fingerprint density at radius 2 is 1.89 bits per heavy atom.